The Morgan fingerprint density at radius 3 is 3.00 bits per heavy atom. The second-order valence-electron chi connectivity index (χ2n) is 5.07. The van der Waals surface area contributed by atoms with Crippen molar-refractivity contribution in [3.05, 3.63) is 36.3 Å². The van der Waals surface area contributed by atoms with Crippen molar-refractivity contribution >= 4 is 11.5 Å². The lowest BCUT2D eigenvalue weighted by Crippen LogP contribution is -2.10. The molecule has 0 aliphatic heterocycles. The lowest BCUT2D eigenvalue weighted by Gasteiger charge is -2.14. The van der Waals surface area contributed by atoms with Crippen molar-refractivity contribution in [2.75, 3.05) is 12.4 Å². The fraction of sp³-hybridized carbons (Fsp3) is 0.357. The Balaban J connectivity index is 1.97. The largest absolute Gasteiger partial charge is 0.372 e. The highest BCUT2D eigenvalue weighted by Crippen LogP contribution is 2.24. The Morgan fingerprint density at radius 2 is 2.10 bits per heavy atom. The summed E-state index contributed by atoms with van der Waals surface area (Å²) in [5, 5.41) is 3.10. The van der Waals surface area contributed by atoms with E-state index in [1.54, 1.807) is 6.20 Å². The van der Waals surface area contributed by atoms with E-state index in [9.17, 15) is 0 Å². The molecule has 6 heteroatoms. The predicted molar refractivity (Wildman–Crippen MR) is 76.3 cm³/mol. The maximum absolute atomic E-state index is 4.67. The Morgan fingerprint density at radius 1 is 1.20 bits per heavy atom. The molecule has 0 unspecified atom stereocenters. The Kier molecular flexibility index (Phi) is 2.48. The second-order valence-corrected chi connectivity index (χ2v) is 5.07. The van der Waals surface area contributed by atoms with Crippen LogP contribution < -0.4 is 5.32 Å². The van der Waals surface area contributed by atoms with Crippen LogP contribution in [0.2, 0.25) is 0 Å². The van der Waals surface area contributed by atoms with Crippen molar-refractivity contribution in [1.82, 2.24) is 23.9 Å². The maximum atomic E-state index is 4.67. The number of rotatable bonds is 2. The van der Waals surface area contributed by atoms with Gasteiger partial charge in [0.25, 0.3) is 0 Å². The van der Waals surface area contributed by atoms with Gasteiger partial charge in [0.15, 0.2) is 11.5 Å². The lowest BCUT2D eigenvalue weighted by atomic mass is 10.0. The van der Waals surface area contributed by atoms with E-state index in [4.69, 9.17) is 0 Å². The molecule has 0 aromatic carbocycles. The molecular formula is C14H16N6. The van der Waals surface area contributed by atoms with Crippen LogP contribution in [0.5, 0.6) is 0 Å². The van der Waals surface area contributed by atoms with Crippen LogP contribution in [-0.2, 0) is 12.8 Å². The molecule has 1 aliphatic rings. The average Bonchev–Trinajstić information content (AvgIpc) is 3.12. The Hall–Kier alpha value is -2.37. The number of hydrogen-bond acceptors (Lipinski definition) is 4. The zero-order valence-corrected chi connectivity index (χ0v) is 11.4. The van der Waals surface area contributed by atoms with E-state index in [1.165, 1.54) is 24.2 Å². The van der Waals surface area contributed by atoms with E-state index in [0.29, 0.717) is 0 Å². The van der Waals surface area contributed by atoms with E-state index in [-0.39, 0.29) is 0 Å². The molecule has 3 aromatic rings. The number of fused-ring (bicyclic) bond motifs is 2. The number of imidazole rings is 2. The smallest absolute Gasteiger partial charge is 0.184 e. The van der Waals surface area contributed by atoms with E-state index >= 15 is 0 Å². The minimum Gasteiger partial charge on any atom is -0.372 e. The standard InChI is InChI=1S/C14H16N6/c1-15-12-8-19-7-6-16-13(19)14(18-12)20-9-17-10-4-2-3-5-11(10)20/h6-9,15H,2-5H2,1H3. The fourth-order valence-electron chi connectivity index (χ4n) is 2.85. The molecule has 102 valence electrons. The normalized spacial score (nSPS) is 14.4. The van der Waals surface area contributed by atoms with Crippen LogP contribution in [0.1, 0.15) is 24.2 Å². The highest BCUT2D eigenvalue weighted by Gasteiger charge is 2.19. The van der Waals surface area contributed by atoms with E-state index in [2.05, 4.69) is 24.8 Å². The van der Waals surface area contributed by atoms with Gasteiger partial charge in [0.1, 0.15) is 12.1 Å². The number of aromatic nitrogens is 5. The number of anilines is 1. The molecule has 1 N–H and O–H groups in total. The SMILES string of the molecule is CNc1cn2ccnc2c(-n2cnc3c2CCCC3)n1. The molecule has 6 nitrogen and oxygen atoms in total. The van der Waals surface area contributed by atoms with Gasteiger partial charge in [-0.3, -0.25) is 4.57 Å². The molecule has 0 radical (unpaired) electrons. The molecular weight excluding hydrogens is 252 g/mol. The Labute approximate surface area is 116 Å². The van der Waals surface area contributed by atoms with Gasteiger partial charge in [-0.05, 0) is 25.7 Å². The van der Waals surface area contributed by atoms with Crippen molar-refractivity contribution in [3.8, 4) is 5.82 Å². The van der Waals surface area contributed by atoms with Crippen molar-refractivity contribution in [2.45, 2.75) is 25.7 Å². The zero-order chi connectivity index (χ0) is 13.5. The van der Waals surface area contributed by atoms with Crippen molar-refractivity contribution < 1.29 is 0 Å². The maximum Gasteiger partial charge on any atom is 0.184 e. The van der Waals surface area contributed by atoms with Crippen molar-refractivity contribution in [1.29, 1.82) is 0 Å². The van der Waals surface area contributed by atoms with Crippen molar-refractivity contribution in [3.63, 3.8) is 0 Å². The lowest BCUT2D eigenvalue weighted by molar-refractivity contribution is 0.654. The number of nitrogens with zero attached hydrogens (tertiary/aromatic N) is 5. The molecule has 0 saturated carbocycles. The van der Waals surface area contributed by atoms with E-state index in [0.717, 1.165) is 30.1 Å². The van der Waals surface area contributed by atoms with Crippen molar-refractivity contribution in [2.24, 2.45) is 0 Å². The van der Waals surface area contributed by atoms with Crippen LogP contribution in [0.25, 0.3) is 11.5 Å². The summed E-state index contributed by atoms with van der Waals surface area (Å²) in [6.45, 7) is 0. The van der Waals surface area contributed by atoms with Gasteiger partial charge in [-0.15, -0.1) is 0 Å². The molecule has 4 rings (SSSR count). The summed E-state index contributed by atoms with van der Waals surface area (Å²) < 4.78 is 4.08. The second kappa shape index (κ2) is 4.33. The van der Waals surface area contributed by atoms with Gasteiger partial charge in [-0.25, -0.2) is 15.0 Å². The number of aryl methyl sites for hydroxylation is 1. The molecule has 0 bridgehead atoms. The van der Waals surface area contributed by atoms with Crippen LogP contribution in [-0.4, -0.2) is 31.0 Å². The van der Waals surface area contributed by atoms with Gasteiger partial charge in [0.2, 0.25) is 0 Å². The molecule has 0 fully saturated rings. The van der Waals surface area contributed by atoms with Crippen LogP contribution in [0.3, 0.4) is 0 Å². The molecule has 0 amide bonds. The third-order valence-corrected chi connectivity index (χ3v) is 3.87. The third-order valence-electron chi connectivity index (χ3n) is 3.87. The zero-order valence-electron chi connectivity index (χ0n) is 11.4. The van der Waals surface area contributed by atoms with Crippen LogP contribution in [0.15, 0.2) is 24.9 Å². The minimum atomic E-state index is 0.823. The van der Waals surface area contributed by atoms with Gasteiger partial charge >= 0.3 is 0 Å². The highest BCUT2D eigenvalue weighted by molar-refractivity contribution is 5.59. The van der Waals surface area contributed by atoms with Gasteiger partial charge in [-0.1, -0.05) is 0 Å². The number of hydrogen-bond donors (Lipinski definition) is 1. The number of nitrogens with one attached hydrogen (secondary N) is 1. The molecule has 0 saturated heterocycles. The molecule has 0 spiro atoms. The minimum absolute atomic E-state index is 0.823. The van der Waals surface area contributed by atoms with Crippen LogP contribution in [0, 0.1) is 0 Å². The van der Waals surface area contributed by atoms with Gasteiger partial charge < -0.3 is 9.72 Å². The summed E-state index contributed by atoms with van der Waals surface area (Å²) in [4.78, 5) is 13.6. The third kappa shape index (κ3) is 1.61. The van der Waals surface area contributed by atoms with Crippen LogP contribution in [0.4, 0.5) is 5.82 Å². The van der Waals surface area contributed by atoms with E-state index in [1.807, 2.05) is 30.2 Å². The average molecular weight is 268 g/mol. The van der Waals surface area contributed by atoms with Gasteiger partial charge in [0.05, 0.1) is 11.9 Å². The highest BCUT2D eigenvalue weighted by atomic mass is 15.2. The molecule has 20 heavy (non-hydrogen) atoms. The summed E-state index contributed by atoms with van der Waals surface area (Å²) in [7, 11) is 1.87. The molecule has 3 aromatic heterocycles. The fourth-order valence-corrected chi connectivity index (χ4v) is 2.85. The van der Waals surface area contributed by atoms with Gasteiger partial charge in [-0.2, -0.15) is 0 Å². The molecule has 0 atom stereocenters. The molecule has 1 aliphatic carbocycles. The predicted octanol–water partition coefficient (Wildman–Crippen LogP) is 1.84. The summed E-state index contributed by atoms with van der Waals surface area (Å²) in [5.41, 5.74) is 3.34. The summed E-state index contributed by atoms with van der Waals surface area (Å²) in [6, 6.07) is 0. The first kappa shape index (κ1) is 11.5. The summed E-state index contributed by atoms with van der Waals surface area (Å²) in [5.74, 6) is 1.67. The quantitative estimate of drug-likeness (QED) is 0.770. The monoisotopic (exact) mass is 268 g/mol. The first-order valence-electron chi connectivity index (χ1n) is 6.94. The van der Waals surface area contributed by atoms with Gasteiger partial charge in [0, 0.05) is 25.1 Å². The topological polar surface area (TPSA) is 60.0 Å². The molecule has 3 heterocycles. The Bertz CT molecular complexity index is 769. The van der Waals surface area contributed by atoms with E-state index < -0.39 is 0 Å². The van der Waals surface area contributed by atoms with Crippen LogP contribution >= 0.6 is 0 Å². The first-order valence-corrected chi connectivity index (χ1v) is 6.94. The first-order chi connectivity index (χ1) is 9.86. The summed E-state index contributed by atoms with van der Waals surface area (Å²) in [6.07, 6.45) is 12.1. The summed E-state index contributed by atoms with van der Waals surface area (Å²) >= 11 is 0.